The van der Waals surface area contributed by atoms with E-state index >= 15 is 0 Å². The number of methoxy groups -OCH3 is 1. The van der Waals surface area contributed by atoms with Crippen molar-refractivity contribution in [3.63, 3.8) is 0 Å². The van der Waals surface area contributed by atoms with Crippen molar-refractivity contribution in [3.8, 4) is 6.07 Å². The number of ether oxygens (including phenoxy) is 1. The summed E-state index contributed by atoms with van der Waals surface area (Å²) in [5.74, 6) is 0.648. The third-order valence-corrected chi connectivity index (χ3v) is 7.07. The van der Waals surface area contributed by atoms with Gasteiger partial charge in [0.05, 0.1) is 6.04 Å². The molecule has 2 aromatic heterocycles. The molecule has 0 spiro atoms. The number of rotatable bonds is 9. The molecule has 1 amide bonds. The molecule has 2 N–H and O–H groups in total. The van der Waals surface area contributed by atoms with Crippen LogP contribution in [0.15, 0.2) is 53.7 Å². The van der Waals surface area contributed by atoms with E-state index in [1.54, 1.807) is 13.2 Å². The minimum Gasteiger partial charge on any atom is -0.384 e. The number of nitrogens with one attached hydrogen (secondary N) is 2. The predicted molar refractivity (Wildman–Crippen MR) is 126 cm³/mol. The molecule has 1 aromatic carbocycles. The van der Waals surface area contributed by atoms with Crippen LogP contribution in [-0.2, 0) is 16.1 Å². The summed E-state index contributed by atoms with van der Waals surface area (Å²) in [4.78, 5) is 19.7. The lowest BCUT2D eigenvalue weighted by molar-refractivity contribution is -0.134. The van der Waals surface area contributed by atoms with Crippen molar-refractivity contribution in [1.29, 1.82) is 5.26 Å². The van der Waals surface area contributed by atoms with Crippen molar-refractivity contribution < 1.29 is 9.53 Å². The molecular weight excluding hydrogens is 422 g/mol. The number of aromatic amines is 1. The summed E-state index contributed by atoms with van der Waals surface area (Å²) in [6.07, 6.45) is 6.37. The van der Waals surface area contributed by atoms with E-state index < -0.39 is 0 Å². The van der Waals surface area contributed by atoms with Gasteiger partial charge in [-0.3, -0.25) is 4.79 Å². The van der Waals surface area contributed by atoms with E-state index in [1.807, 2.05) is 40.1 Å². The monoisotopic (exact) mass is 451 g/mol. The molecule has 1 aliphatic rings. The van der Waals surface area contributed by atoms with E-state index in [4.69, 9.17) is 4.74 Å². The number of carbonyl (C=O) groups excluding carboxylic acids is 1. The lowest BCUT2D eigenvalue weighted by Gasteiger charge is -2.34. The highest BCUT2D eigenvalue weighted by molar-refractivity contribution is 7.97. The molecule has 32 heavy (non-hydrogen) atoms. The molecule has 1 atom stereocenters. The van der Waals surface area contributed by atoms with E-state index in [0.29, 0.717) is 24.6 Å². The molecular formula is C24H29N5O2S. The summed E-state index contributed by atoms with van der Waals surface area (Å²) in [6.45, 7) is 2.88. The number of amides is 1. The van der Waals surface area contributed by atoms with Gasteiger partial charge in [0.2, 0.25) is 5.91 Å². The average Bonchev–Trinajstić information content (AvgIpc) is 3.49. The first-order valence-corrected chi connectivity index (χ1v) is 11.8. The quantitative estimate of drug-likeness (QED) is 0.484. The fourth-order valence-corrected chi connectivity index (χ4v) is 5.19. The van der Waals surface area contributed by atoms with Crippen LogP contribution < -0.4 is 4.72 Å². The SMILES string of the molecule is COCC1CCN(C(=O)C(CCn2cccc2C#N)NSc2cccc3[nH]ccc23)CC1. The van der Waals surface area contributed by atoms with Crippen molar-refractivity contribution in [1.82, 2.24) is 19.2 Å². The molecule has 1 fully saturated rings. The van der Waals surface area contributed by atoms with Crippen molar-refractivity contribution in [2.75, 3.05) is 26.8 Å². The van der Waals surface area contributed by atoms with Gasteiger partial charge >= 0.3 is 0 Å². The third kappa shape index (κ3) is 5.18. The second-order valence-corrected chi connectivity index (χ2v) is 9.06. The fourth-order valence-electron chi connectivity index (χ4n) is 4.27. The summed E-state index contributed by atoms with van der Waals surface area (Å²) in [5.41, 5.74) is 1.69. The second-order valence-electron chi connectivity index (χ2n) is 8.18. The molecule has 1 saturated heterocycles. The Labute approximate surface area is 192 Å². The van der Waals surface area contributed by atoms with Crippen molar-refractivity contribution in [2.45, 2.75) is 36.7 Å². The van der Waals surface area contributed by atoms with Gasteiger partial charge in [0.25, 0.3) is 0 Å². The molecule has 4 rings (SSSR count). The van der Waals surface area contributed by atoms with Crippen LogP contribution in [0.4, 0.5) is 0 Å². The van der Waals surface area contributed by atoms with E-state index in [0.717, 1.165) is 48.3 Å². The number of nitriles is 1. The Hall–Kier alpha value is -2.73. The average molecular weight is 452 g/mol. The maximum Gasteiger partial charge on any atom is 0.240 e. The number of benzene rings is 1. The molecule has 8 heteroatoms. The molecule has 1 unspecified atom stereocenters. The summed E-state index contributed by atoms with van der Waals surface area (Å²) >= 11 is 1.50. The summed E-state index contributed by atoms with van der Waals surface area (Å²) in [5, 5.41) is 10.4. The van der Waals surface area contributed by atoms with E-state index in [9.17, 15) is 10.1 Å². The molecule has 3 aromatic rings. The van der Waals surface area contributed by atoms with E-state index in [-0.39, 0.29) is 11.9 Å². The van der Waals surface area contributed by atoms with Crippen LogP contribution in [0.5, 0.6) is 0 Å². The number of nitrogens with zero attached hydrogens (tertiary/aromatic N) is 3. The van der Waals surface area contributed by atoms with Gasteiger partial charge in [-0.2, -0.15) is 5.26 Å². The van der Waals surface area contributed by atoms with E-state index in [2.05, 4.69) is 27.9 Å². The Kier molecular flexibility index (Phi) is 7.53. The topological polar surface area (TPSA) is 86.1 Å². The number of H-pyrrole nitrogens is 1. The normalized spacial score (nSPS) is 15.7. The fraction of sp³-hybridized carbons (Fsp3) is 0.417. The molecule has 0 saturated carbocycles. The summed E-state index contributed by atoms with van der Waals surface area (Å²) < 4.78 is 10.6. The predicted octanol–water partition coefficient (Wildman–Crippen LogP) is 3.78. The van der Waals surface area contributed by atoms with Crippen LogP contribution in [0.3, 0.4) is 0 Å². The van der Waals surface area contributed by atoms with Crippen LogP contribution >= 0.6 is 11.9 Å². The number of piperidine rings is 1. The first-order valence-electron chi connectivity index (χ1n) is 11.0. The Morgan fingerprint density at radius 3 is 2.94 bits per heavy atom. The zero-order valence-electron chi connectivity index (χ0n) is 18.3. The Bertz CT molecular complexity index is 1080. The Morgan fingerprint density at radius 1 is 1.31 bits per heavy atom. The number of likely N-dealkylation sites (tertiary alicyclic amines) is 1. The standard InChI is InChI=1S/C24H29N5O2S/c1-31-17-18-8-13-29(14-9-18)24(30)22(10-15-28-12-3-4-19(28)16-25)27-32-23-6-2-5-21-20(23)7-11-26-21/h2-7,11-12,18,22,26-27H,8-10,13-15,17H2,1H3. The zero-order valence-corrected chi connectivity index (χ0v) is 19.1. The largest absolute Gasteiger partial charge is 0.384 e. The zero-order chi connectivity index (χ0) is 22.3. The van der Waals surface area contributed by atoms with Gasteiger partial charge in [-0.05, 0) is 67.5 Å². The maximum absolute atomic E-state index is 13.5. The van der Waals surface area contributed by atoms with Crippen molar-refractivity contribution in [2.24, 2.45) is 5.92 Å². The number of fused-ring (bicyclic) bond motifs is 1. The first kappa shape index (κ1) is 22.5. The van der Waals surface area contributed by atoms with Crippen LogP contribution in [0.2, 0.25) is 0 Å². The second kappa shape index (κ2) is 10.7. The molecule has 0 radical (unpaired) electrons. The Balaban J connectivity index is 1.45. The molecule has 0 aliphatic carbocycles. The summed E-state index contributed by atoms with van der Waals surface area (Å²) in [6, 6.07) is 13.7. The summed E-state index contributed by atoms with van der Waals surface area (Å²) in [7, 11) is 1.73. The smallest absolute Gasteiger partial charge is 0.240 e. The number of hydrogen-bond acceptors (Lipinski definition) is 5. The van der Waals surface area contributed by atoms with Crippen LogP contribution in [0, 0.1) is 17.2 Å². The molecule has 0 bridgehead atoms. The highest BCUT2D eigenvalue weighted by Crippen LogP contribution is 2.27. The molecule has 3 heterocycles. The molecule has 7 nitrogen and oxygen atoms in total. The highest BCUT2D eigenvalue weighted by Gasteiger charge is 2.28. The Morgan fingerprint density at radius 2 is 2.16 bits per heavy atom. The molecule has 168 valence electrons. The third-order valence-electron chi connectivity index (χ3n) is 6.10. The number of aryl methyl sites for hydroxylation is 1. The van der Waals surface area contributed by atoms with Crippen molar-refractivity contribution >= 4 is 28.8 Å². The van der Waals surface area contributed by atoms with Gasteiger partial charge in [-0.15, -0.1) is 0 Å². The van der Waals surface area contributed by atoms with Crippen LogP contribution in [-0.4, -0.2) is 53.2 Å². The first-order chi connectivity index (χ1) is 15.7. The minimum atomic E-state index is -0.345. The maximum atomic E-state index is 13.5. The van der Waals surface area contributed by atoms with Crippen LogP contribution in [0.1, 0.15) is 25.0 Å². The van der Waals surface area contributed by atoms with Gasteiger partial charge < -0.3 is 19.2 Å². The number of carbonyl (C=O) groups is 1. The molecule has 1 aliphatic heterocycles. The lowest BCUT2D eigenvalue weighted by Crippen LogP contribution is -2.48. The van der Waals surface area contributed by atoms with Gasteiger partial charge in [0, 0.05) is 61.5 Å². The number of aromatic nitrogens is 2. The lowest BCUT2D eigenvalue weighted by atomic mass is 9.97. The van der Waals surface area contributed by atoms with E-state index in [1.165, 1.54) is 11.9 Å². The number of hydrogen-bond donors (Lipinski definition) is 2. The van der Waals surface area contributed by atoms with Crippen LogP contribution in [0.25, 0.3) is 10.9 Å². The van der Waals surface area contributed by atoms with Gasteiger partial charge in [0.1, 0.15) is 11.8 Å². The minimum absolute atomic E-state index is 0.125. The van der Waals surface area contributed by atoms with Gasteiger partial charge in [-0.1, -0.05) is 6.07 Å². The van der Waals surface area contributed by atoms with Crippen molar-refractivity contribution in [3.05, 3.63) is 54.5 Å². The van der Waals surface area contributed by atoms with Gasteiger partial charge in [-0.25, -0.2) is 4.72 Å². The highest BCUT2D eigenvalue weighted by atomic mass is 32.2. The van der Waals surface area contributed by atoms with Gasteiger partial charge in [0.15, 0.2) is 0 Å².